The maximum absolute atomic E-state index is 11.0. The second-order valence-electron chi connectivity index (χ2n) is 6.01. The molecule has 0 aliphatic carbocycles. The molecule has 0 fully saturated rings. The summed E-state index contributed by atoms with van der Waals surface area (Å²) in [5, 5.41) is 0. The SMILES string of the molecule is CN(C=O)c1ccc2c(c1)CN(C)c1ccc(Br)cc1CN2C. The number of benzene rings is 2. The Kier molecular flexibility index (Phi) is 4.31. The minimum Gasteiger partial charge on any atom is -0.370 e. The van der Waals surface area contributed by atoms with E-state index in [0.717, 1.165) is 29.7 Å². The smallest absolute Gasteiger partial charge is 0.213 e. The zero-order valence-corrected chi connectivity index (χ0v) is 15.2. The van der Waals surface area contributed by atoms with Crippen LogP contribution in [0.3, 0.4) is 0 Å². The maximum Gasteiger partial charge on any atom is 0.213 e. The highest BCUT2D eigenvalue weighted by Gasteiger charge is 2.19. The van der Waals surface area contributed by atoms with E-state index >= 15 is 0 Å². The normalized spacial score (nSPS) is 13.7. The van der Waals surface area contributed by atoms with Gasteiger partial charge >= 0.3 is 0 Å². The average molecular weight is 374 g/mol. The van der Waals surface area contributed by atoms with Crippen LogP contribution in [-0.2, 0) is 17.9 Å². The summed E-state index contributed by atoms with van der Waals surface area (Å²) >= 11 is 3.56. The van der Waals surface area contributed by atoms with Crippen LogP contribution in [-0.4, -0.2) is 27.6 Å². The summed E-state index contributed by atoms with van der Waals surface area (Å²) in [6, 6.07) is 12.6. The first kappa shape index (κ1) is 15.9. The van der Waals surface area contributed by atoms with Crippen LogP contribution in [0.25, 0.3) is 0 Å². The summed E-state index contributed by atoms with van der Waals surface area (Å²) in [5.41, 5.74) is 5.86. The standard InChI is InChI=1S/C18H20BrN3O/c1-20-10-13-8-15(19)4-6-17(13)21(2)11-14-9-16(22(3)12-23)5-7-18(14)20/h4-9,12H,10-11H2,1-3H3. The van der Waals surface area contributed by atoms with Crippen LogP contribution in [0.15, 0.2) is 40.9 Å². The molecule has 23 heavy (non-hydrogen) atoms. The summed E-state index contributed by atoms with van der Waals surface area (Å²) in [5.74, 6) is 0. The van der Waals surface area contributed by atoms with Crippen molar-refractivity contribution in [3.05, 3.63) is 52.0 Å². The number of nitrogens with zero attached hydrogens (tertiary/aromatic N) is 3. The number of fused-ring (bicyclic) bond motifs is 2. The molecule has 120 valence electrons. The van der Waals surface area contributed by atoms with Crippen molar-refractivity contribution < 1.29 is 4.79 Å². The van der Waals surface area contributed by atoms with Crippen LogP contribution in [0.2, 0.25) is 0 Å². The van der Waals surface area contributed by atoms with Gasteiger partial charge in [0.1, 0.15) is 0 Å². The van der Waals surface area contributed by atoms with Gasteiger partial charge in [-0.1, -0.05) is 15.9 Å². The topological polar surface area (TPSA) is 26.8 Å². The molecule has 0 saturated heterocycles. The molecule has 1 heterocycles. The number of carbonyl (C=O) groups excluding carboxylic acids is 1. The van der Waals surface area contributed by atoms with Gasteiger partial charge < -0.3 is 14.7 Å². The number of anilines is 3. The molecule has 2 aromatic rings. The van der Waals surface area contributed by atoms with Gasteiger partial charge in [-0.2, -0.15) is 0 Å². The fraction of sp³-hybridized carbons (Fsp3) is 0.278. The first-order chi connectivity index (χ1) is 11.0. The quantitative estimate of drug-likeness (QED) is 0.752. The Balaban J connectivity index is 2.05. The number of carbonyl (C=O) groups is 1. The molecule has 0 aromatic heterocycles. The highest BCUT2D eigenvalue weighted by Crippen LogP contribution is 2.34. The molecule has 0 atom stereocenters. The van der Waals surface area contributed by atoms with Crippen molar-refractivity contribution in [2.75, 3.05) is 35.8 Å². The van der Waals surface area contributed by atoms with Gasteiger partial charge in [-0.15, -0.1) is 0 Å². The lowest BCUT2D eigenvalue weighted by Crippen LogP contribution is -2.27. The van der Waals surface area contributed by atoms with Gasteiger partial charge in [0.25, 0.3) is 0 Å². The van der Waals surface area contributed by atoms with Gasteiger partial charge in [0.15, 0.2) is 0 Å². The largest absolute Gasteiger partial charge is 0.370 e. The Morgan fingerprint density at radius 3 is 2.17 bits per heavy atom. The zero-order valence-electron chi connectivity index (χ0n) is 13.6. The van der Waals surface area contributed by atoms with E-state index in [1.807, 2.05) is 6.07 Å². The minimum atomic E-state index is 0.800. The van der Waals surface area contributed by atoms with Crippen molar-refractivity contribution in [2.45, 2.75) is 13.1 Å². The molecule has 3 rings (SSSR count). The lowest BCUT2D eigenvalue weighted by molar-refractivity contribution is -0.107. The van der Waals surface area contributed by atoms with E-state index < -0.39 is 0 Å². The van der Waals surface area contributed by atoms with Gasteiger partial charge in [0.05, 0.1) is 0 Å². The predicted molar refractivity (Wildman–Crippen MR) is 99.3 cm³/mol. The maximum atomic E-state index is 11.0. The summed E-state index contributed by atoms with van der Waals surface area (Å²) in [7, 11) is 5.99. The molecule has 0 radical (unpaired) electrons. The van der Waals surface area contributed by atoms with Gasteiger partial charge in [-0.3, -0.25) is 4.79 Å². The number of halogens is 1. The number of hydrogen-bond acceptors (Lipinski definition) is 3. The zero-order chi connectivity index (χ0) is 16.6. The van der Waals surface area contributed by atoms with Crippen LogP contribution in [0.5, 0.6) is 0 Å². The molecule has 1 amide bonds. The van der Waals surface area contributed by atoms with Crippen molar-refractivity contribution in [1.82, 2.24) is 0 Å². The Morgan fingerprint density at radius 2 is 1.57 bits per heavy atom. The van der Waals surface area contributed by atoms with E-state index in [1.165, 1.54) is 22.5 Å². The van der Waals surface area contributed by atoms with Crippen molar-refractivity contribution in [3.63, 3.8) is 0 Å². The van der Waals surface area contributed by atoms with Crippen molar-refractivity contribution in [2.24, 2.45) is 0 Å². The second kappa shape index (κ2) is 6.24. The molecule has 0 N–H and O–H groups in total. The molecule has 2 aromatic carbocycles. The first-order valence-corrected chi connectivity index (χ1v) is 8.30. The van der Waals surface area contributed by atoms with Crippen LogP contribution < -0.4 is 14.7 Å². The Labute approximate surface area is 145 Å². The average Bonchev–Trinajstić information content (AvgIpc) is 2.52. The molecule has 1 aliphatic rings. The van der Waals surface area contributed by atoms with E-state index in [-0.39, 0.29) is 0 Å². The van der Waals surface area contributed by atoms with Gasteiger partial charge in [0.2, 0.25) is 6.41 Å². The monoisotopic (exact) mass is 373 g/mol. The van der Waals surface area contributed by atoms with Crippen LogP contribution in [0.4, 0.5) is 17.1 Å². The lowest BCUT2D eigenvalue weighted by Gasteiger charge is -2.32. The molecule has 1 aliphatic heterocycles. The lowest BCUT2D eigenvalue weighted by atomic mass is 10.0. The summed E-state index contributed by atoms with van der Waals surface area (Å²) in [6.07, 6.45) is 0.838. The van der Waals surface area contributed by atoms with E-state index in [9.17, 15) is 4.79 Å². The first-order valence-electron chi connectivity index (χ1n) is 7.51. The van der Waals surface area contributed by atoms with Gasteiger partial charge in [0, 0.05) is 55.8 Å². The highest BCUT2D eigenvalue weighted by atomic mass is 79.9. The van der Waals surface area contributed by atoms with Crippen LogP contribution >= 0.6 is 15.9 Å². The molecule has 0 spiro atoms. The number of hydrogen-bond donors (Lipinski definition) is 0. The fourth-order valence-electron chi connectivity index (χ4n) is 3.09. The molecule has 5 heteroatoms. The predicted octanol–water partition coefficient (Wildman–Crippen LogP) is 3.63. The molecule has 0 saturated carbocycles. The third-order valence-electron chi connectivity index (χ3n) is 4.31. The summed E-state index contributed by atoms with van der Waals surface area (Å²) in [6.45, 7) is 1.64. The van der Waals surface area contributed by atoms with E-state index in [4.69, 9.17) is 0 Å². The third-order valence-corrected chi connectivity index (χ3v) is 4.80. The Morgan fingerprint density at radius 1 is 1.00 bits per heavy atom. The Bertz CT molecular complexity index is 747. The molecular formula is C18H20BrN3O. The summed E-state index contributed by atoms with van der Waals surface area (Å²) < 4.78 is 1.10. The van der Waals surface area contributed by atoms with Crippen molar-refractivity contribution in [1.29, 1.82) is 0 Å². The molecule has 0 unspecified atom stereocenters. The van der Waals surface area contributed by atoms with E-state index in [0.29, 0.717) is 0 Å². The summed E-state index contributed by atoms with van der Waals surface area (Å²) in [4.78, 5) is 17.1. The van der Waals surface area contributed by atoms with Crippen molar-refractivity contribution >= 4 is 39.4 Å². The fourth-order valence-corrected chi connectivity index (χ4v) is 3.49. The third kappa shape index (κ3) is 3.06. The molecule has 4 nitrogen and oxygen atoms in total. The van der Waals surface area contributed by atoms with Crippen LogP contribution in [0, 0.1) is 0 Å². The highest BCUT2D eigenvalue weighted by molar-refractivity contribution is 9.10. The van der Waals surface area contributed by atoms with E-state index in [1.54, 1.807) is 11.9 Å². The number of amides is 1. The Hall–Kier alpha value is -2.01. The second-order valence-corrected chi connectivity index (χ2v) is 6.93. The molecular weight excluding hydrogens is 354 g/mol. The van der Waals surface area contributed by atoms with Gasteiger partial charge in [-0.05, 0) is 47.5 Å². The van der Waals surface area contributed by atoms with E-state index in [2.05, 4.69) is 70.2 Å². The molecule has 0 bridgehead atoms. The van der Waals surface area contributed by atoms with Gasteiger partial charge in [-0.25, -0.2) is 0 Å². The van der Waals surface area contributed by atoms with Crippen molar-refractivity contribution in [3.8, 4) is 0 Å². The van der Waals surface area contributed by atoms with Crippen LogP contribution in [0.1, 0.15) is 11.1 Å². The number of rotatable bonds is 2. The minimum absolute atomic E-state index is 0.800.